The highest BCUT2D eigenvalue weighted by Gasteiger charge is 2.62. The molecule has 4 atom stereocenters. The lowest BCUT2D eigenvalue weighted by Gasteiger charge is -2.27. The first kappa shape index (κ1) is 14.9. The molecule has 0 aromatic carbocycles. The second-order valence-corrected chi connectivity index (χ2v) is 4.90. The molecule has 8 nitrogen and oxygen atoms in total. The first-order valence-corrected chi connectivity index (χ1v) is 5.95. The molecule has 0 radical (unpaired) electrons. The van der Waals surface area contributed by atoms with Crippen LogP contribution in [-0.4, -0.2) is 49.0 Å². The van der Waals surface area contributed by atoms with E-state index < -0.39 is 42.5 Å². The van der Waals surface area contributed by atoms with Crippen LogP contribution >= 0.6 is 0 Å². The van der Waals surface area contributed by atoms with Gasteiger partial charge in [0.25, 0.3) is 0 Å². The monoisotopic (exact) mass is 289 g/mol. The molecule has 0 amide bonds. The van der Waals surface area contributed by atoms with E-state index in [4.69, 9.17) is 15.6 Å². The predicted molar refractivity (Wildman–Crippen MR) is 65.2 cm³/mol. The Morgan fingerprint density at radius 1 is 1.65 bits per heavy atom. The standard InChI is InChI=1S/C11H16FN3O5/c1-10(19)7(17)11(12,3-5-16)20-8(10)15-4-2-6(13)14-9(15)18/h2,4,7-8,16-17,19H,3,5H2,1H3,(H2,13,14,18)/t7-,8+,10+,11+/m0/s1. The van der Waals surface area contributed by atoms with Gasteiger partial charge in [-0.25, -0.2) is 9.18 Å². The average Bonchev–Trinajstić information content (AvgIpc) is 2.51. The van der Waals surface area contributed by atoms with Gasteiger partial charge < -0.3 is 25.8 Å². The van der Waals surface area contributed by atoms with Crippen molar-refractivity contribution in [2.24, 2.45) is 0 Å². The summed E-state index contributed by atoms with van der Waals surface area (Å²) in [7, 11) is 0. The minimum Gasteiger partial charge on any atom is -0.396 e. The van der Waals surface area contributed by atoms with E-state index in [1.165, 1.54) is 12.3 Å². The zero-order chi connectivity index (χ0) is 15.1. The number of aliphatic hydroxyl groups excluding tert-OH is 2. The predicted octanol–water partition coefficient (Wildman–Crippen LogP) is -1.49. The minimum absolute atomic E-state index is 0.0358. The number of aliphatic hydroxyl groups is 3. The SMILES string of the molecule is C[C@]1(O)[C@H](n2ccc(N)nc2=O)O[C@](F)(CCO)[C@H]1O. The molecular formula is C11H16FN3O5. The van der Waals surface area contributed by atoms with Crippen LogP contribution in [0, 0.1) is 0 Å². The Labute approximate surface area is 113 Å². The molecule has 0 saturated carbocycles. The highest BCUT2D eigenvalue weighted by molar-refractivity contribution is 5.24. The van der Waals surface area contributed by atoms with Crippen molar-refractivity contribution in [2.75, 3.05) is 12.3 Å². The summed E-state index contributed by atoms with van der Waals surface area (Å²) in [6.07, 6.45) is -2.79. The second kappa shape index (κ2) is 4.77. The van der Waals surface area contributed by atoms with Gasteiger partial charge in [-0.15, -0.1) is 0 Å². The lowest BCUT2D eigenvalue weighted by molar-refractivity contribution is -0.195. The fraction of sp³-hybridized carbons (Fsp3) is 0.636. The molecule has 1 aromatic rings. The van der Waals surface area contributed by atoms with Crippen LogP contribution in [0.5, 0.6) is 0 Å². The average molecular weight is 289 g/mol. The number of nitrogen functional groups attached to an aromatic ring is 1. The smallest absolute Gasteiger partial charge is 0.351 e. The van der Waals surface area contributed by atoms with E-state index in [1.54, 1.807) is 0 Å². The second-order valence-electron chi connectivity index (χ2n) is 4.90. The number of rotatable bonds is 3. The first-order chi connectivity index (χ1) is 9.22. The molecule has 112 valence electrons. The molecule has 1 fully saturated rings. The minimum atomic E-state index is -2.66. The Morgan fingerprint density at radius 3 is 2.85 bits per heavy atom. The fourth-order valence-electron chi connectivity index (χ4n) is 2.23. The van der Waals surface area contributed by atoms with E-state index in [1.807, 2.05) is 0 Å². The highest BCUT2D eigenvalue weighted by Crippen LogP contribution is 2.46. The number of hydrogen-bond acceptors (Lipinski definition) is 7. The molecule has 1 saturated heterocycles. The molecule has 2 rings (SSSR count). The summed E-state index contributed by atoms with van der Waals surface area (Å²) in [6, 6.07) is 1.28. The molecule has 0 aliphatic carbocycles. The van der Waals surface area contributed by atoms with Crippen LogP contribution in [0.4, 0.5) is 10.2 Å². The van der Waals surface area contributed by atoms with Gasteiger partial charge in [-0.3, -0.25) is 4.57 Å². The molecule has 0 unspecified atom stereocenters. The number of nitrogens with two attached hydrogens (primary N) is 1. The Kier molecular flexibility index (Phi) is 3.54. The van der Waals surface area contributed by atoms with Gasteiger partial charge in [0.15, 0.2) is 6.23 Å². The first-order valence-electron chi connectivity index (χ1n) is 5.95. The Morgan fingerprint density at radius 2 is 2.30 bits per heavy atom. The largest absolute Gasteiger partial charge is 0.396 e. The van der Waals surface area contributed by atoms with Crippen molar-refractivity contribution in [3.8, 4) is 0 Å². The summed E-state index contributed by atoms with van der Waals surface area (Å²) in [4.78, 5) is 15.2. The fourth-order valence-corrected chi connectivity index (χ4v) is 2.23. The summed E-state index contributed by atoms with van der Waals surface area (Å²) in [5, 5.41) is 28.9. The van der Waals surface area contributed by atoms with Crippen LogP contribution in [0.2, 0.25) is 0 Å². The van der Waals surface area contributed by atoms with Gasteiger partial charge in [0.05, 0.1) is 0 Å². The molecule has 1 aromatic heterocycles. The normalized spacial score (nSPS) is 37.2. The van der Waals surface area contributed by atoms with Gasteiger partial charge >= 0.3 is 5.69 Å². The van der Waals surface area contributed by atoms with Crippen LogP contribution in [0.15, 0.2) is 17.1 Å². The molecule has 0 spiro atoms. The Bertz CT molecular complexity index is 563. The van der Waals surface area contributed by atoms with Crippen molar-refractivity contribution in [1.82, 2.24) is 9.55 Å². The van der Waals surface area contributed by atoms with Gasteiger partial charge in [-0.05, 0) is 13.0 Å². The van der Waals surface area contributed by atoms with Gasteiger partial charge in [0.1, 0.15) is 17.5 Å². The van der Waals surface area contributed by atoms with Gasteiger partial charge in [-0.2, -0.15) is 4.98 Å². The van der Waals surface area contributed by atoms with E-state index in [2.05, 4.69) is 4.98 Å². The van der Waals surface area contributed by atoms with Crippen LogP contribution in [0.25, 0.3) is 0 Å². The molecular weight excluding hydrogens is 273 g/mol. The number of anilines is 1. The van der Waals surface area contributed by atoms with Crippen LogP contribution in [-0.2, 0) is 4.74 Å². The van der Waals surface area contributed by atoms with Crippen molar-refractivity contribution < 1.29 is 24.4 Å². The summed E-state index contributed by atoms with van der Waals surface area (Å²) in [5.74, 6) is -2.70. The van der Waals surface area contributed by atoms with Crippen LogP contribution in [0.1, 0.15) is 19.6 Å². The zero-order valence-corrected chi connectivity index (χ0v) is 10.7. The maximum atomic E-state index is 14.4. The molecule has 5 N–H and O–H groups in total. The van der Waals surface area contributed by atoms with Crippen LogP contribution in [0.3, 0.4) is 0 Å². The number of halogens is 1. The topological polar surface area (TPSA) is 131 Å². The summed E-state index contributed by atoms with van der Waals surface area (Å²) >= 11 is 0. The molecule has 1 aliphatic rings. The van der Waals surface area contributed by atoms with Gasteiger partial charge in [-0.1, -0.05) is 0 Å². The molecule has 2 heterocycles. The Balaban J connectivity index is 2.44. The third-order valence-electron chi connectivity index (χ3n) is 3.33. The van der Waals surface area contributed by atoms with Crippen LogP contribution < -0.4 is 11.4 Å². The van der Waals surface area contributed by atoms with Crippen molar-refractivity contribution in [3.63, 3.8) is 0 Å². The lowest BCUT2D eigenvalue weighted by atomic mass is 9.94. The summed E-state index contributed by atoms with van der Waals surface area (Å²) < 4.78 is 20.2. The third kappa shape index (κ3) is 2.18. The van der Waals surface area contributed by atoms with Crippen molar-refractivity contribution in [2.45, 2.75) is 37.1 Å². The molecule has 20 heavy (non-hydrogen) atoms. The van der Waals surface area contributed by atoms with Crippen molar-refractivity contribution >= 4 is 5.82 Å². The molecule has 0 bridgehead atoms. The number of hydrogen-bond donors (Lipinski definition) is 4. The number of alkyl halides is 1. The van der Waals surface area contributed by atoms with Crippen molar-refractivity contribution in [1.29, 1.82) is 0 Å². The van der Waals surface area contributed by atoms with E-state index in [9.17, 15) is 19.4 Å². The van der Waals surface area contributed by atoms with E-state index in [0.717, 1.165) is 11.5 Å². The molecule has 9 heteroatoms. The van der Waals surface area contributed by atoms with E-state index in [0.29, 0.717) is 0 Å². The summed E-state index contributed by atoms with van der Waals surface area (Å²) in [5.41, 5.74) is 2.41. The quantitative estimate of drug-likeness (QED) is 0.533. The van der Waals surface area contributed by atoms with E-state index >= 15 is 0 Å². The maximum absolute atomic E-state index is 14.4. The van der Waals surface area contributed by atoms with Gasteiger partial charge in [0, 0.05) is 19.2 Å². The number of ether oxygens (including phenoxy) is 1. The summed E-state index contributed by atoms with van der Waals surface area (Å²) in [6.45, 7) is 0.537. The van der Waals surface area contributed by atoms with Crippen molar-refractivity contribution in [3.05, 3.63) is 22.7 Å². The zero-order valence-electron chi connectivity index (χ0n) is 10.7. The Hall–Kier alpha value is -1.55. The maximum Gasteiger partial charge on any atom is 0.351 e. The number of aromatic nitrogens is 2. The van der Waals surface area contributed by atoms with E-state index in [-0.39, 0.29) is 5.82 Å². The van der Waals surface area contributed by atoms with Gasteiger partial charge in [0.2, 0.25) is 5.85 Å². The highest BCUT2D eigenvalue weighted by atomic mass is 19.2. The molecule has 1 aliphatic heterocycles. The number of nitrogens with zero attached hydrogens (tertiary/aromatic N) is 2. The third-order valence-corrected chi connectivity index (χ3v) is 3.33. The lowest BCUT2D eigenvalue weighted by Crippen LogP contribution is -2.48.